The number of thioether (sulfide) groups is 1. The van der Waals surface area contributed by atoms with Gasteiger partial charge in [0.15, 0.2) is 0 Å². The second kappa shape index (κ2) is 7.10. The summed E-state index contributed by atoms with van der Waals surface area (Å²) in [6.07, 6.45) is 1.66. The van der Waals surface area contributed by atoms with Crippen molar-refractivity contribution in [1.82, 2.24) is 4.98 Å². The maximum absolute atomic E-state index is 11.9. The van der Waals surface area contributed by atoms with Gasteiger partial charge in [-0.15, -0.1) is 11.8 Å². The van der Waals surface area contributed by atoms with Gasteiger partial charge in [-0.3, -0.25) is 4.79 Å². The molecule has 104 valence electrons. The van der Waals surface area contributed by atoms with Gasteiger partial charge in [-0.2, -0.15) is 0 Å². The van der Waals surface area contributed by atoms with Crippen LogP contribution < -0.4 is 11.1 Å². The van der Waals surface area contributed by atoms with E-state index >= 15 is 0 Å². The van der Waals surface area contributed by atoms with Crippen LogP contribution >= 0.6 is 43.6 Å². The minimum Gasteiger partial charge on any atom is -0.384 e. The van der Waals surface area contributed by atoms with Crippen LogP contribution in [0.15, 0.2) is 50.4 Å². The largest absolute Gasteiger partial charge is 0.384 e. The van der Waals surface area contributed by atoms with E-state index in [1.807, 2.05) is 24.3 Å². The fraction of sp³-hybridized carbons (Fsp3) is 0.0769. The number of nitrogens with one attached hydrogen (secondary N) is 1. The third-order valence-electron chi connectivity index (χ3n) is 2.33. The third-order valence-corrected chi connectivity index (χ3v) is 4.47. The molecule has 0 fully saturated rings. The lowest BCUT2D eigenvalue weighted by atomic mass is 10.3. The second-order valence-corrected chi connectivity index (χ2v) is 6.70. The molecule has 0 radical (unpaired) electrons. The van der Waals surface area contributed by atoms with Gasteiger partial charge in [0.2, 0.25) is 5.91 Å². The zero-order valence-corrected chi connectivity index (χ0v) is 14.3. The van der Waals surface area contributed by atoms with Gasteiger partial charge in [0.1, 0.15) is 5.82 Å². The Labute approximate surface area is 137 Å². The van der Waals surface area contributed by atoms with E-state index in [9.17, 15) is 4.79 Å². The van der Waals surface area contributed by atoms with Crippen LogP contribution in [0.25, 0.3) is 0 Å². The number of nitrogens with two attached hydrogens (primary N) is 1. The van der Waals surface area contributed by atoms with Crippen molar-refractivity contribution in [3.8, 4) is 0 Å². The van der Waals surface area contributed by atoms with Crippen LogP contribution in [0.2, 0.25) is 0 Å². The Balaban J connectivity index is 1.90. The van der Waals surface area contributed by atoms with Gasteiger partial charge in [0.05, 0.1) is 11.4 Å². The van der Waals surface area contributed by atoms with Gasteiger partial charge in [-0.05, 0) is 46.3 Å². The zero-order valence-electron chi connectivity index (χ0n) is 10.3. The first kappa shape index (κ1) is 15.3. The molecule has 20 heavy (non-hydrogen) atoms. The number of nitrogen functional groups attached to an aromatic ring is 1. The summed E-state index contributed by atoms with van der Waals surface area (Å²) in [4.78, 5) is 16.8. The molecule has 0 saturated carbocycles. The highest BCUT2D eigenvalue weighted by molar-refractivity contribution is 9.11. The first-order valence-corrected chi connectivity index (χ1v) is 8.21. The van der Waals surface area contributed by atoms with Crippen LogP contribution in [0.1, 0.15) is 0 Å². The molecule has 2 rings (SSSR count). The number of halogens is 2. The highest BCUT2D eigenvalue weighted by atomic mass is 79.9. The summed E-state index contributed by atoms with van der Waals surface area (Å²) in [6.45, 7) is 0. The van der Waals surface area contributed by atoms with E-state index in [1.54, 1.807) is 12.3 Å². The number of anilines is 2. The number of carbonyl (C=O) groups is 1. The van der Waals surface area contributed by atoms with Crippen LogP contribution in [0, 0.1) is 0 Å². The molecule has 0 bridgehead atoms. The molecule has 0 aliphatic carbocycles. The van der Waals surface area contributed by atoms with Gasteiger partial charge in [0.25, 0.3) is 0 Å². The predicted octanol–water partition coefficient (Wildman–Crippen LogP) is 3.92. The summed E-state index contributed by atoms with van der Waals surface area (Å²) in [5.41, 5.74) is 6.25. The topological polar surface area (TPSA) is 68.0 Å². The molecule has 4 nitrogen and oxygen atoms in total. The molecule has 0 unspecified atom stereocenters. The van der Waals surface area contributed by atoms with Crippen LogP contribution in [-0.4, -0.2) is 16.6 Å². The van der Waals surface area contributed by atoms with Crippen LogP contribution in [0.3, 0.4) is 0 Å². The minimum atomic E-state index is -0.0742. The SMILES string of the molecule is Nc1ccc(SCC(=O)Nc2ccc(Br)cc2Br)cn1. The fourth-order valence-electron chi connectivity index (χ4n) is 1.40. The van der Waals surface area contributed by atoms with E-state index < -0.39 is 0 Å². The maximum atomic E-state index is 11.9. The minimum absolute atomic E-state index is 0.0742. The lowest BCUT2D eigenvalue weighted by Crippen LogP contribution is -2.14. The maximum Gasteiger partial charge on any atom is 0.234 e. The average Bonchev–Trinajstić information content (AvgIpc) is 2.41. The number of aromatic nitrogens is 1. The molecular formula is C13H11Br2N3OS. The first-order valence-electron chi connectivity index (χ1n) is 5.64. The Bertz CT molecular complexity index is 620. The molecule has 0 atom stereocenters. The van der Waals surface area contributed by atoms with Crippen LogP contribution in [0.4, 0.5) is 11.5 Å². The molecule has 2 aromatic rings. The summed E-state index contributed by atoms with van der Waals surface area (Å²) < 4.78 is 1.78. The molecule has 0 aliphatic heterocycles. The third kappa shape index (κ3) is 4.50. The van der Waals surface area contributed by atoms with E-state index in [0.717, 1.165) is 19.5 Å². The number of rotatable bonds is 4. The summed E-state index contributed by atoms with van der Waals surface area (Å²) in [5.74, 6) is 0.709. The Morgan fingerprint density at radius 2 is 2.10 bits per heavy atom. The molecule has 3 N–H and O–H groups in total. The van der Waals surface area contributed by atoms with Crippen LogP contribution in [0.5, 0.6) is 0 Å². The number of hydrogen-bond donors (Lipinski definition) is 2. The molecule has 1 aromatic heterocycles. The quantitative estimate of drug-likeness (QED) is 0.741. The number of hydrogen-bond acceptors (Lipinski definition) is 4. The van der Waals surface area contributed by atoms with Crippen molar-refractivity contribution in [2.45, 2.75) is 4.90 Å². The van der Waals surface area contributed by atoms with Gasteiger partial charge in [-0.1, -0.05) is 15.9 Å². The summed E-state index contributed by atoms with van der Waals surface area (Å²) >= 11 is 8.18. The molecule has 1 amide bonds. The standard InChI is InChI=1S/C13H11Br2N3OS/c14-8-1-3-11(10(15)5-8)18-13(19)7-20-9-2-4-12(16)17-6-9/h1-6H,7H2,(H2,16,17)(H,18,19). The van der Waals surface area contributed by atoms with Crippen molar-refractivity contribution in [3.05, 3.63) is 45.5 Å². The van der Waals surface area contributed by atoms with Crippen molar-refractivity contribution in [2.24, 2.45) is 0 Å². The summed E-state index contributed by atoms with van der Waals surface area (Å²) in [6, 6.07) is 9.15. The number of amides is 1. The second-order valence-electron chi connectivity index (χ2n) is 3.88. The van der Waals surface area contributed by atoms with Crippen molar-refractivity contribution in [1.29, 1.82) is 0 Å². The Hall–Kier alpha value is -1.05. The zero-order chi connectivity index (χ0) is 14.5. The number of pyridine rings is 1. The smallest absolute Gasteiger partial charge is 0.234 e. The van der Waals surface area contributed by atoms with Crippen molar-refractivity contribution < 1.29 is 4.79 Å². The molecular weight excluding hydrogens is 406 g/mol. The van der Waals surface area contributed by atoms with E-state index in [-0.39, 0.29) is 5.91 Å². The first-order chi connectivity index (χ1) is 9.54. The van der Waals surface area contributed by atoms with E-state index in [4.69, 9.17) is 5.73 Å². The summed E-state index contributed by atoms with van der Waals surface area (Å²) in [5, 5.41) is 2.85. The fourth-order valence-corrected chi connectivity index (χ4v) is 3.21. The van der Waals surface area contributed by atoms with E-state index in [2.05, 4.69) is 42.2 Å². The van der Waals surface area contributed by atoms with Crippen molar-refractivity contribution in [3.63, 3.8) is 0 Å². The Morgan fingerprint density at radius 1 is 1.30 bits per heavy atom. The summed E-state index contributed by atoms with van der Waals surface area (Å²) in [7, 11) is 0. The number of benzene rings is 1. The van der Waals surface area contributed by atoms with Gasteiger partial charge >= 0.3 is 0 Å². The lowest BCUT2D eigenvalue weighted by molar-refractivity contribution is -0.113. The molecule has 0 saturated heterocycles. The molecule has 1 aromatic carbocycles. The highest BCUT2D eigenvalue weighted by Gasteiger charge is 2.07. The molecule has 1 heterocycles. The van der Waals surface area contributed by atoms with Crippen LogP contribution in [-0.2, 0) is 4.79 Å². The van der Waals surface area contributed by atoms with Crippen molar-refractivity contribution >= 4 is 61.0 Å². The van der Waals surface area contributed by atoms with Gasteiger partial charge in [0, 0.05) is 20.0 Å². The van der Waals surface area contributed by atoms with Gasteiger partial charge in [-0.25, -0.2) is 4.98 Å². The lowest BCUT2D eigenvalue weighted by Gasteiger charge is -2.07. The number of carbonyl (C=O) groups excluding carboxylic acids is 1. The van der Waals surface area contributed by atoms with Crippen molar-refractivity contribution in [2.75, 3.05) is 16.8 Å². The monoisotopic (exact) mass is 415 g/mol. The van der Waals surface area contributed by atoms with E-state index in [1.165, 1.54) is 11.8 Å². The predicted molar refractivity (Wildman–Crippen MR) is 89.8 cm³/mol. The molecule has 0 spiro atoms. The molecule has 7 heteroatoms. The normalized spacial score (nSPS) is 10.3. The molecule has 0 aliphatic rings. The Morgan fingerprint density at radius 3 is 2.75 bits per heavy atom. The average molecular weight is 417 g/mol. The Kier molecular flexibility index (Phi) is 5.45. The van der Waals surface area contributed by atoms with Gasteiger partial charge < -0.3 is 11.1 Å². The van der Waals surface area contributed by atoms with E-state index in [0.29, 0.717) is 11.6 Å². The highest BCUT2D eigenvalue weighted by Crippen LogP contribution is 2.26. The number of nitrogens with zero attached hydrogens (tertiary/aromatic N) is 1.